The van der Waals surface area contributed by atoms with E-state index in [2.05, 4.69) is 20.4 Å². The predicted molar refractivity (Wildman–Crippen MR) is 68.7 cm³/mol. The molecule has 2 aromatic heterocycles. The van der Waals surface area contributed by atoms with Crippen LogP contribution in [-0.2, 0) is 9.53 Å². The van der Waals surface area contributed by atoms with E-state index in [-0.39, 0.29) is 13.2 Å². The first-order valence-corrected chi connectivity index (χ1v) is 6.34. The van der Waals surface area contributed by atoms with Crippen LogP contribution >= 0.6 is 0 Å². The number of carboxylic acids is 1. The topological polar surface area (TPSA) is 119 Å². The van der Waals surface area contributed by atoms with Crippen LogP contribution in [0.3, 0.4) is 0 Å². The van der Waals surface area contributed by atoms with Crippen molar-refractivity contribution in [2.75, 3.05) is 13.2 Å². The number of amides is 1. The molecule has 1 saturated heterocycles. The molecule has 21 heavy (non-hydrogen) atoms. The summed E-state index contributed by atoms with van der Waals surface area (Å²) in [5.41, 5.74) is 0.907. The van der Waals surface area contributed by atoms with Crippen LogP contribution in [0, 0.1) is 12.8 Å². The monoisotopic (exact) mass is 291 g/mol. The number of hydrogen-bond acceptors (Lipinski definition) is 6. The molecule has 0 bridgehead atoms. The van der Waals surface area contributed by atoms with Crippen LogP contribution in [0.15, 0.2) is 12.5 Å². The molecule has 2 atom stereocenters. The molecule has 3 rings (SSSR count). The first kappa shape index (κ1) is 13.4. The van der Waals surface area contributed by atoms with Crippen LogP contribution in [0.1, 0.15) is 16.1 Å². The molecule has 2 N–H and O–H groups in total. The molecule has 2 unspecified atom stereocenters. The number of rotatable bonds is 3. The second-order valence-electron chi connectivity index (χ2n) is 4.79. The van der Waals surface area contributed by atoms with E-state index >= 15 is 0 Å². The fourth-order valence-electron chi connectivity index (χ4n) is 2.30. The lowest BCUT2D eigenvalue weighted by Gasteiger charge is -2.16. The zero-order valence-electron chi connectivity index (χ0n) is 11.2. The highest BCUT2D eigenvalue weighted by Gasteiger charge is 2.35. The Kier molecular flexibility index (Phi) is 3.26. The minimum atomic E-state index is -0.987. The molecular weight excluding hydrogens is 278 g/mol. The summed E-state index contributed by atoms with van der Waals surface area (Å²) in [5.74, 6) is -1.73. The number of aryl methyl sites for hydroxylation is 1. The number of carboxylic acid groups (broad SMARTS) is 1. The van der Waals surface area contributed by atoms with Crippen LogP contribution in [0.4, 0.5) is 0 Å². The molecule has 1 aliphatic heterocycles. The average Bonchev–Trinajstić information content (AvgIpc) is 3.07. The van der Waals surface area contributed by atoms with Gasteiger partial charge in [-0.1, -0.05) is 0 Å². The normalized spacial score (nSPS) is 21.6. The standard InChI is InChI=1S/C12H13N5O4/c1-6-7(2-13-12-14-5-15-17(6)12)10(18)16-9-4-21-3-8(9)11(19)20/h2,5,8-9H,3-4H2,1H3,(H,16,18)(H,19,20). The summed E-state index contributed by atoms with van der Waals surface area (Å²) in [6.07, 6.45) is 2.75. The molecule has 1 aliphatic rings. The van der Waals surface area contributed by atoms with Gasteiger partial charge in [0.25, 0.3) is 11.7 Å². The van der Waals surface area contributed by atoms with Crippen molar-refractivity contribution in [3.63, 3.8) is 0 Å². The largest absolute Gasteiger partial charge is 0.481 e. The molecule has 0 saturated carbocycles. The van der Waals surface area contributed by atoms with E-state index in [1.807, 2.05) is 0 Å². The highest BCUT2D eigenvalue weighted by atomic mass is 16.5. The van der Waals surface area contributed by atoms with Gasteiger partial charge < -0.3 is 15.2 Å². The second-order valence-corrected chi connectivity index (χ2v) is 4.79. The fourth-order valence-corrected chi connectivity index (χ4v) is 2.30. The van der Waals surface area contributed by atoms with Gasteiger partial charge in [0, 0.05) is 6.20 Å². The number of carbonyl (C=O) groups excluding carboxylic acids is 1. The van der Waals surface area contributed by atoms with Gasteiger partial charge in [0.15, 0.2) is 0 Å². The molecule has 1 amide bonds. The molecule has 0 aromatic carbocycles. The Morgan fingerprint density at radius 3 is 3.00 bits per heavy atom. The molecule has 3 heterocycles. The smallest absolute Gasteiger partial charge is 0.311 e. The van der Waals surface area contributed by atoms with Gasteiger partial charge in [-0.05, 0) is 6.92 Å². The van der Waals surface area contributed by atoms with Gasteiger partial charge in [-0.25, -0.2) is 9.50 Å². The Hall–Kier alpha value is -2.55. The third-order valence-electron chi connectivity index (χ3n) is 3.51. The molecule has 9 nitrogen and oxygen atoms in total. The van der Waals surface area contributed by atoms with Gasteiger partial charge in [0.1, 0.15) is 12.2 Å². The molecule has 0 radical (unpaired) electrons. The second kappa shape index (κ2) is 5.09. The zero-order chi connectivity index (χ0) is 15.0. The number of ether oxygens (including phenoxy) is 1. The molecule has 110 valence electrons. The van der Waals surface area contributed by atoms with E-state index in [0.29, 0.717) is 17.0 Å². The van der Waals surface area contributed by atoms with Gasteiger partial charge in [0.05, 0.1) is 30.5 Å². The quantitative estimate of drug-likeness (QED) is 0.764. The summed E-state index contributed by atoms with van der Waals surface area (Å²) in [7, 11) is 0. The Labute approximate surface area is 119 Å². The lowest BCUT2D eigenvalue weighted by atomic mass is 10.0. The van der Waals surface area contributed by atoms with Gasteiger partial charge in [-0.15, -0.1) is 0 Å². The van der Waals surface area contributed by atoms with Gasteiger partial charge in [-0.2, -0.15) is 10.1 Å². The SMILES string of the molecule is Cc1c(C(=O)NC2COCC2C(=O)O)cnc2ncnn12. The van der Waals surface area contributed by atoms with Crippen LogP contribution in [0.5, 0.6) is 0 Å². The van der Waals surface area contributed by atoms with E-state index < -0.39 is 23.8 Å². The lowest BCUT2D eigenvalue weighted by molar-refractivity contribution is -0.142. The first-order chi connectivity index (χ1) is 10.1. The Balaban J connectivity index is 1.84. The van der Waals surface area contributed by atoms with Crippen LogP contribution in [0.25, 0.3) is 5.78 Å². The van der Waals surface area contributed by atoms with Crippen molar-refractivity contribution in [2.24, 2.45) is 5.92 Å². The van der Waals surface area contributed by atoms with Crippen molar-refractivity contribution < 1.29 is 19.4 Å². The average molecular weight is 291 g/mol. The summed E-state index contributed by atoms with van der Waals surface area (Å²) in [6.45, 7) is 2.00. The van der Waals surface area contributed by atoms with Crippen molar-refractivity contribution in [3.05, 3.63) is 23.8 Å². The summed E-state index contributed by atoms with van der Waals surface area (Å²) in [4.78, 5) is 31.3. The molecule has 9 heteroatoms. The minimum absolute atomic E-state index is 0.0968. The van der Waals surface area contributed by atoms with Gasteiger partial charge in [0.2, 0.25) is 0 Å². The first-order valence-electron chi connectivity index (χ1n) is 6.34. The van der Waals surface area contributed by atoms with Gasteiger partial charge in [-0.3, -0.25) is 9.59 Å². The Bertz CT molecular complexity index is 713. The number of nitrogens with one attached hydrogen (secondary N) is 1. The number of nitrogens with zero attached hydrogens (tertiary/aromatic N) is 4. The van der Waals surface area contributed by atoms with E-state index in [4.69, 9.17) is 9.84 Å². The maximum atomic E-state index is 12.3. The van der Waals surface area contributed by atoms with E-state index in [9.17, 15) is 9.59 Å². The summed E-state index contributed by atoms with van der Waals surface area (Å²) in [5, 5.41) is 15.7. The van der Waals surface area contributed by atoms with Crippen molar-refractivity contribution in [3.8, 4) is 0 Å². The van der Waals surface area contributed by atoms with Crippen LogP contribution in [0.2, 0.25) is 0 Å². The maximum Gasteiger partial charge on any atom is 0.311 e. The number of carbonyl (C=O) groups is 2. The summed E-state index contributed by atoms with van der Waals surface area (Å²) in [6, 6.07) is -0.555. The highest BCUT2D eigenvalue weighted by Crippen LogP contribution is 2.15. The third-order valence-corrected chi connectivity index (χ3v) is 3.51. The number of hydrogen-bond donors (Lipinski definition) is 2. The van der Waals surface area contributed by atoms with Crippen LogP contribution in [-0.4, -0.2) is 55.8 Å². The van der Waals surface area contributed by atoms with Crippen molar-refractivity contribution >= 4 is 17.7 Å². The Morgan fingerprint density at radius 1 is 1.43 bits per heavy atom. The molecule has 0 aliphatic carbocycles. The molecule has 2 aromatic rings. The lowest BCUT2D eigenvalue weighted by Crippen LogP contribution is -2.43. The summed E-state index contributed by atoms with van der Waals surface area (Å²) < 4.78 is 6.57. The van der Waals surface area contributed by atoms with E-state index in [0.717, 1.165) is 0 Å². The van der Waals surface area contributed by atoms with Crippen LogP contribution < -0.4 is 5.32 Å². The zero-order valence-corrected chi connectivity index (χ0v) is 11.2. The molecule has 0 spiro atoms. The third kappa shape index (κ3) is 2.31. The maximum absolute atomic E-state index is 12.3. The number of aliphatic carboxylic acids is 1. The Morgan fingerprint density at radius 2 is 2.24 bits per heavy atom. The number of fused-ring (bicyclic) bond motifs is 1. The molecular formula is C12H13N5O4. The fraction of sp³-hybridized carbons (Fsp3) is 0.417. The van der Waals surface area contributed by atoms with Gasteiger partial charge >= 0.3 is 5.97 Å². The summed E-state index contributed by atoms with van der Waals surface area (Å²) >= 11 is 0. The van der Waals surface area contributed by atoms with E-state index in [1.54, 1.807) is 6.92 Å². The highest BCUT2D eigenvalue weighted by molar-refractivity contribution is 5.95. The minimum Gasteiger partial charge on any atom is -0.481 e. The molecule has 1 fully saturated rings. The van der Waals surface area contributed by atoms with Crippen molar-refractivity contribution in [1.29, 1.82) is 0 Å². The van der Waals surface area contributed by atoms with Crippen molar-refractivity contribution in [1.82, 2.24) is 24.9 Å². The predicted octanol–water partition coefficient (Wildman–Crippen LogP) is -0.738. The van der Waals surface area contributed by atoms with E-state index in [1.165, 1.54) is 17.0 Å². The number of aromatic nitrogens is 4. The van der Waals surface area contributed by atoms with Crippen molar-refractivity contribution in [2.45, 2.75) is 13.0 Å².